The van der Waals surface area contributed by atoms with Gasteiger partial charge in [-0.1, -0.05) is 43.7 Å². The number of carbonyl (C=O) groups is 1. The number of ketones is 1. The Balaban J connectivity index is 2.29. The Morgan fingerprint density at radius 3 is 2.30 bits per heavy atom. The molecule has 5 heteroatoms. The molecule has 0 bridgehead atoms. The quantitative estimate of drug-likeness (QED) is 0.718. The number of benzene rings is 1. The highest BCUT2D eigenvalue weighted by Crippen LogP contribution is 2.39. The highest BCUT2D eigenvalue weighted by Gasteiger charge is 2.42. The van der Waals surface area contributed by atoms with Gasteiger partial charge in [0.2, 0.25) is 10.0 Å². The van der Waals surface area contributed by atoms with Crippen LogP contribution >= 0.6 is 0 Å². The summed E-state index contributed by atoms with van der Waals surface area (Å²) in [5.41, 5.74) is 1.63. The van der Waals surface area contributed by atoms with Gasteiger partial charge >= 0.3 is 0 Å². The number of rotatable bonds is 7. The van der Waals surface area contributed by atoms with Crippen LogP contribution in [-0.4, -0.2) is 31.6 Å². The molecule has 0 N–H and O–H groups in total. The van der Waals surface area contributed by atoms with E-state index < -0.39 is 10.0 Å². The molecule has 0 heterocycles. The van der Waals surface area contributed by atoms with Crippen molar-refractivity contribution in [2.75, 3.05) is 13.1 Å². The normalized spacial score (nSPS) is 17.1. The largest absolute Gasteiger partial charge is 0.300 e. The average molecular weight is 335 g/mol. The first kappa shape index (κ1) is 17.9. The van der Waals surface area contributed by atoms with E-state index >= 15 is 0 Å². The molecule has 0 aliphatic heterocycles. The van der Waals surface area contributed by atoms with Gasteiger partial charge in [-0.05, 0) is 30.9 Å². The van der Waals surface area contributed by atoms with Gasteiger partial charge in [-0.25, -0.2) is 8.42 Å². The summed E-state index contributed by atoms with van der Waals surface area (Å²) in [7, 11) is -3.59. The van der Waals surface area contributed by atoms with Gasteiger partial charge in [0.15, 0.2) is 0 Å². The van der Waals surface area contributed by atoms with Crippen molar-refractivity contribution < 1.29 is 13.2 Å². The summed E-state index contributed by atoms with van der Waals surface area (Å²) in [6, 6.07) is 6.88. The van der Waals surface area contributed by atoms with Crippen LogP contribution in [0.3, 0.4) is 0 Å². The van der Waals surface area contributed by atoms with Crippen LogP contribution in [-0.2, 0) is 14.8 Å². The second kappa shape index (κ2) is 6.57. The van der Waals surface area contributed by atoms with Crippen molar-refractivity contribution in [3.05, 3.63) is 42.0 Å². The third kappa shape index (κ3) is 4.09. The number of aryl methyl sites for hydroxylation is 1. The summed E-state index contributed by atoms with van der Waals surface area (Å²) in [6.45, 7) is 10.5. The molecule has 1 aliphatic carbocycles. The van der Waals surface area contributed by atoms with Crippen molar-refractivity contribution in [1.82, 2.24) is 4.31 Å². The van der Waals surface area contributed by atoms with E-state index in [1.807, 2.05) is 20.8 Å². The molecule has 2 rings (SSSR count). The summed E-state index contributed by atoms with van der Waals surface area (Å²) in [5.74, 6) is 0.203. The van der Waals surface area contributed by atoms with Crippen LogP contribution in [0.15, 0.2) is 41.3 Å². The minimum atomic E-state index is -3.59. The summed E-state index contributed by atoms with van der Waals surface area (Å²) in [6.07, 6.45) is 1.63. The SMILES string of the molecule is C=C(CC)CN(CC1(C)CC(=O)C1)S(=O)(=O)c1ccc(C)cc1. The molecule has 1 aromatic rings. The van der Waals surface area contributed by atoms with Crippen LogP contribution in [0.2, 0.25) is 0 Å². The predicted molar refractivity (Wildman–Crippen MR) is 91.7 cm³/mol. The molecule has 0 aromatic heterocycles. The summed E-state index contributed by atoms with van der Waals surface area (Å²) < 4.78 is 27.5. The van der Waals surface area contributed by atoms with Crippen LogP contribution < -0.4 is 0 Å². The van der Waals surface area contributed by atoms with Gasteiger partial charge < -0.3 is 0 Å². The maximum atomic E-state index is 13.0. The molecule has 23 heavy (non-hydrogen) atoms. The lowest BCUT2D eigenvalue weighted by molar-refractivity contribution is -0.132. The number of sulfonamides is 1. The van der Waals surface area contributed by atoms with Crippen LogP contribution in [0.4, 0.5) is 0 Å². The summed E-state index contributed by atoms with van der Waals surface area (Å²) >= 11 is 0. The molecule has 1 aliphatic rings. The zero-order chi connectivity index (χ0) is 17.3. The molecule has 0 spiro atoms. The third-order valence-corrected chi connectivity index (χ3v) is 6.17. The second-order valence-electron chi connectivity index (χ2n) is 6.89. The first-order chi connectivity index (χ1) is 10.7. The van der Waals surface area contributed by atoms with Crippen molar-refractivity contribution in [3.63, 3.8) is 0 Å². The number of Topliss-reactive ketones (excluding diaryl/α,β-unsaturated/α-hetero) is 1. The Kier molecular flexibility index (Phi) is 5.11. The second-order valence-corrected chi connectivity index (χ2v) is 8.83. The van der Waals surface area contributed by atoms with Crippen LogP contribution in [0.1, 0.15) is 38.7 Å². The highest BCUT2D eigenvalue weighted by atomic mass is 32.2. The minimum absolute atomic E-state index is 0.203. The lowest BCUT2D eigenvalue weighted by Gasteiger charge is -2.40. The van der Waals surface area contributed by atoms with Crippen molar-refractivity contribution in [2.45, 2.75) is 44.9 Å². The first-order valence-electron chi connectivity index (χ1n) is 7.91. The smallest absolute Gasteiger partial charge is 0.243 e. The van der Waals surface area contributed by atoms with E-state index in [2.05, 4.69) is 6.58 Å². The van der Waals surface area contributed by atoms with E-state index in [1.54, 1.807) is 24.3 Å². The first-order valence-corrected chi connectivity index (χ1v) is 9.35. The maximum absolute atomic E-state index is 13.0. The minimum Gasteiger partial charge on any atom is -0.300 e. The van der Waals surface area contributed by atoms with Crippen molar-refractivity contribution in [3.8, 4) is 0 Å². The molecule has 0 radical (unpaired) electrons. The number of hydrogen-bond acceptors (Lipinski definition) is 3. The van der Waals surface area contributed by atoms with Gasteiger partial charge in [-0.3, -0.25) is 4.79 Å². The molecular weight excluding hydrogens is 310 g/mol. The molecule has 0 amide bonds. The van der Waals surface area contributed by atoms with Gasteiger partial charge in [0, 0.05) is 25.9 Å². The number of carbonyl (C=O) groups excluding carboxylic acids is 1. The predicted octanol–water partition coefficient (Wildman–Crippen LogP) is 3.32. The molecule has 0 unspecified atom stereocenters. The Morgan fingerprint density at radius 1 is 1.26 bits per heavy atom. The van der Waals surface area contributed by atoms with Crippen molar-refractivity contribution in [2.24, 2.45) is 5.41 Å². The highest BCUT2D eigenvalue weighted by molar-refractivity contribution is 7.89. The molecule has 4 nitrogen and oxygen atoms in total. The number of nitrogens with zero attached hydrogens (tertiary/aromatic N) is 1. The van der Waals surface area contributed by atoms with E-state index in [0.29, 0.717) is 30.8 Å². The van der Waals surface area contributed by atoms with Crippen molar-refractivity contribution >= 4 is 15.8 Å². The molecule has 1 fully saturated rings. The van der Waals surface area contributed by atoms with Crippen molar-refractivity contribution in [1.29, 1.82) is 0 Å². The fraction of sp³-hybridized carbons (Fsp3) is 0.500. The lowest BCUT2D eigenvalue weighted by Crippen LogP contribution is -2.47. The molecule has 1 aromatic carbocycles. The zero-order valence-corrected chi connectivity index (χ0v) is 14.9. The lowest BCUT2D eigenvalue weighted by atomic mass is 9.69. The zero-order valence-electron chi connectivity index (χ0n) is 14.1. The van der Waals surface area contributed by atoms with Crippen LogP contribution in [0.25, 0.3) is 0 Å². The van der Waals surface area contributed by atoms with Gasteiger partial charge in [-0.2, -0.15) is 4.31 Å². The van der Waals surface area contributed by atoms with E-state index in [-0.39, 0.29) is 11.2 Å². The topological polar surface area (TPSA) is 54.5 Å². The Hall–Kier alpha value is -1.46. The molecular formula is C18H25NO3S. The summed E-state index contributed by atoms with van der Waals surface area (Å²) in [5, 5.41) is 0. The average Bonchev–Trinajstić information content (AvgIpc) is 2.45. The van der Waals surface area contributed by atoms with Crippen LogP contribution in [0, 0.1) is 12.3 Å². The number of hydrogen-bond donors (Lipinski definition) is 0. The molecule has 0 atom stereocenters. The van der Waals surface area contributed by atoms with E-state index in [9.17, 15) is 13.2 Å². The molecule has 0 saturated heterocycles. The molecule has 1 saturated carbocycles. The monoisotopic (exact) mass is 335 g/mol. The molecule has 126 valence electrons. The summed E-state index contributed by atoms with van der Waals surface area (Å²) in [4.78, 5) is 11.6. The Labute approximate surface area is 139 Å². The van der Waals surface area contributed by atoms with Gasteiger partial charge in [0.25, 0.3) is 0 Å². The van der Waals surface area contributed by atoms with E-state index in [1.165, 1.54) is 4.31 Å². The Bertz CT molecular complexity index is 696. The maximum Gasteiger partial charge on any atom is 0.243 e. The van der Waals surface area contributed by atoms with E-state index in [0.717, 1.165) is 17.6 Å². The van der Waals surface area contributed by atoms with Gasteiger partial charge in [0.1, 0.15) is 5.78 Å². The van der Waals surface area contributed by atoms with Crippen LogP contribution in [0.5, 0.6) is 0 Å². The Morgan fingerprint density at radius 2 is 1.83 bits per heavy atom. The van der Waals surface area contributed by atoms with Gasteiger partial charge in [0.05, 0.1) is 4.90 Å². The van der Waals surface area contributed by atoms with Gasteiger partial charge in [-0.15, -0.1) is 0 Å². The standard InChI is InChI=1S/C18H25NO3S/c1-5-14(2)12-19(13-18(4)10-16(20)11-18)23(21,22)17-8-6-15(3)7-9-17/h6-9H,2,5,10-13H2,1,3-4H3. The fourth-order valence-corrected chi connectivity index (χ4v) is 4.50. The fourth-order valence-electron chi connectivity index (χ4n) is 2.88. The third-order valence-electron chi connectivity index (χ3n) is 4.36. The van der Waals surface area contributed by atoms with E-state index in [4.69, 9.17) is 0 Å².